The Morgan fingerprint density at radius 1 is 0.784 bits per heavy atom. The first kappa shape index (κ1) is 30.4. The quantitative estimate of drug-likeness (QED) is 0.177. The zero-order valence-corrected chi connectivity index (χ0v) is 27.1. The fourth-order valence-electron chi connectivity index (χ4n) is 4.34. The number of hydrogen-bond donors (Lipinski definition) is 1. The second-order valence-electron chi connectivity index (χ2n) is 10.1. The van der Waals surface area contributed by atoms with Crippen molar-refractivity contribution in [3.63, 3.8) is 0 Å². The summed E-state index contributed by atoms with van der Waals surface area (Å²) in [5.41, 5.74) is 4.99. The van der Waals surface area contributed by atoms with E-state index in [1.54, 1.807) is 0 Å². The molecule has 0 radical (unpaired) electrons. The van der Waals surface area contributed by atoms with Crippen LogP contribution < -0.4 is 21.2 Å². The van der Waals surface area contributed by atoms with E-state index in [0.29, 0.717) is 14.3 Å². The number of phenolic OH excluding ortho intramolecular Hbond substituents is 1. The average Bonchev–Trinajstić information content (AvgIpc) is 2.87. The van der Waals surface area contributed by atoms with E-state index < -0.39 is 25.0 Å². The van der Waals surface area contributed by atoms with Crippen molar-refractivity contribution in [2.75, 3.05) is 0 Å². The van der Waals surface area contributed by atoms with Crippen molar-refractivity contribution in [3.8, 4) is 5.75 Å². The molecule has 0 aliphatic rings. The van der Waals surface area contributed by atoms with Crippen LogP contribution in [0.4, 0.5) is 0 Å². The topological polar surface area (TPSA) is 20.2 Å². The second-order valence-corrected chi connectivity index (χ2v) is 16.5. The molecule has 0 bridgehead atoms. The van der Waals surface area contributed by atoms with Crippen LogP contribution in [0.25, 0.3) is 0 Å². The zero-order valence-electron chi connectivity index (χ0n) is 22.1. The summed E-state index contributed by atoms with van der Waals surface area (Å²) in [6, 6.07) is 33.0. The molecule has 0 spiro atoms. The Kier molecular flexibility index (Phi) is 11.7. The number of halogens is 2. The van der Waals surface area contributed by atoms with E-state index in [1.807, 2.05) is 6.92 Å². The minimum absolute atomic E-state index is 0.0447. The second kappa shape index (κ2) is 14.3. The maximum atomic E-state index is 11.0. The Bertz CT molecular complexity index is 1250. The molecule has 0 fully saturated rings. The molecule has 4 aromatic carbocycles. The van der Waals surface area contributed by atoms with Gasteiger partial charge in [0.1, 0.15) is 5.75 Å². The van der Waals surface area contributed by atoms with E-state index in [-0.39, 0.29) is 5.41 Å². The van der Waals surface area contributed by atoms with Crippen molar-refractivity contribution in [1.82, 2.24) is 0 Å². The third kappa shape index (κ3) is 8.41. The Labute approximate surface area is 242 Å². The molecule has 1 unspecified atom stereocenters. The van der Waals surface area contributed by atoms with Gasteiger partial charge in [0, 0.05) is 5.30 Å². The molecule has 0 heterocycles. The third-order valence-electron chi connectivity index (χ3n) is 6.40. The van der Waals surface area contributed by atoms with Gasteiger partial charge >= 0.3 is 35.6 Å². The summed E-state index contributed by atoms with van der Waals surface area (Å²) in [6.45, 7) is 10.9. The molecule has 0 aliphatic heterocycles. The summed E-state index contributed by atoms with van der Waals surface area (Å²) in [4.78, 5) is 0. The van der Waals surface area contributed by atoms with E-state index >= 15 is 0 Å². The van der Waals surface area contributed by atoms with Crippen molar-refractivity contribution >= 4 is 56.3 Å². The number of aryl methyl sites for hydroxylation is 2. The van der Waals surface area contributed by atoms with Gasteiger partial charge in [0.15, 0.2) is 0 Å². The Hall–Kier alpha value is -1.17. The van der Waals surface area contributed by atoms with Gasteiger partial charge < -0.3 is 5.11 Å². The van der Waals surface area contributed by atoms with Gasteiger partial charge in [-0.1, -0.05) is 90.0 Å². The number of phenols is 1. The fraction of sp³-hybridized carbons (Fsp3) is 0.226. The number of benzene rings is 4. The third-order valence-corrected chi connectivity index (χ3v) is 10.8. The van der Waals surface area contributed by atoms with Gasteiger partial charge in [0.25, 0.3) is 0 Å². The van der Waals surface area contributed by atoms with Crippen LogP contribution in [0.2, 0.25) is 0 Å². The molecule has 1 nitrogen and oxygen atoms in total. The molecule has 6 heteroatoms. The number of rotatable bonds is 6. The van der Waals surface area contributed by atoms with Crippen molar-refractivity contribution in [1.29, 1.82) is 0 Å². The molecule has 192 valence electrons. The van der Waals surface area contributed by atoms with Crippen LogP contribution in [-0.2, 0) is 28.6 Å². The van der Waals surface area contributed by atoms with Crippen LogP contribution in [0.15, 0.2) is 91.0 Å². The predicted molar refractivity (Wildman–Crippen MR) is 166 cm³/mol. The number of aromatic hydroxyl groups is 1. The van der Waals surface area contributed by atoms with E-state index in [4.69, 9.17) is 18.6 Å². The first-order valence-electron chi connectivity index (χ1n) is 12.3. The van der Waals surface area contributed by atoms with Gasteiger partial charge in [-0.15, -0.1) is 0 Å². The van der Waals surface area contributed by atoms with Gasteiger partial charge in [-0.2, -0.15) is 0 Å². The average molecular weight is 604 g/mol. The fourth-order valence-corrected chi connectivity index (χ4v) is 8.55. The monoisotopic (exact) mass is 603 g/mol. The van der Waals surface area contributed by atoms with Crippen molar-refractivity contribution in [2.45, 2.75) is 46.2 Å². The van der Waals surface area contributed by atoms with E-state index in [9.17, 15) is 5.11 Å². The van der Waals surface area contributed by atoms with Gasteiger partial charge in [-0.25, -0.2) is 0 Å². The van der Waals surface area contributed by atoms with Crippen LogP contribution in [-0.4, -0.2) is 5.11 Å². The molecule has 0 aromatic heterocycles. The Morgan fingerprint density at radius 2 is 1.32 bits per heavy atom. The van der Waals surface area contributed by atoms with Crippen LogP contribution >= 0.6 is 35.1 Å². The molecule has 0 aliphatic carbocycles. The molecule has 1 N–H and O–H groups in total. The van der Waals surface area contributed by atoms with Crippen LogP contribution in [0.5, 0.6) is 5.75 Å². The summed E-state index contributed by atoms with van der Waals surface area (Å²) in [6.07, 6.45) is 1.03. The van der Waals surface area contributed by atoms with Crippen LogP contribution in [0, 0.1) is 13.8 Å². The Morgan fingerprint density at radius 3 is 1.84 bits per heavy atom. The van der Waals surface area contributed by atoms with Crippen molar-refractivity contribution in [3.05, 3.63) is 113 Å². The van der Waals surface area contributed by atoms with E-state index in [0.717, 1.165) is 17.0 Å². The molecule has 0 saturated carbocycles. The predicted octanol–water partition coefficient (Wildman–Crippen LogP) is 7.68. The molecule has 0 amide bonds. The number of hydrogen-bond acceptors (Lipinski definition) is 1. The summed E-state index contributed by atoms with van der Waals surface area (Å²) in [5, 5.41) is 16.3. The zero-order chi connectivity index (χ0) is 27.0. The van der Waals surface area contributed by atoms with E-state index in [2.05, 4.69) is 119 Å². The van der Waals surface area contributed by atoms with Crippen LogP contribution in [0.1, 0.15) is 43.0 Å². The van der Waals surface area contributed by atoms with Gasteiger partial charge in [0.05, 0.1) is 24.7 Å². The first-order valence-corrected chi connectivity index (χ1v) is 19.3. The summed E-state index contributed by atoms with van der Waals surface area (Å²) >= 11 is -0.556. The van der Waals surface area contributed by atoms with Crippen LogP contribution in [0.3, 0.4) is 0 Å². The summed E-state index contributed by atoms with van der Waals surface area (Å²) in [5.74, 6) is 0.442. The maximum absolute atomic E-state index is 11.0. The molecule has 4 aromatic rings. The first-order chi connectivity index (χ1) is 17.7. The standard InChI is InChI=1S/C31H34OP2.2ClH.Ti/c1-22-13-12-14-24(21-34(26-15-8-6-9-16-26)27-17-10-7-11-18-27)30(22)33-28-20-25(31(3,4)5)19-23(2)29(28)32;;;/h6-20,32-33H,21H2,1-5H3;2*1H;/q;;;+2/p-1. The molecule has 1 atom stereocenters. The molecule has 37 heavy (non-hydrogen) atoms. The summed E-state index contributed by atoms with van der Waals surface area (Å²) in [7, 11) is 9.21. The molecular weight excluding hydrogens is 569 g/mol. The van der Waals surface area contributed by atoms with Gasteiger partial charge in [0.2, 0.25) is 0 Å². The van der Waals surface area contributed by atoms with Gasteiger partial charge in [-0.05, 0) is 77.2 Å². The SMILES string of the molecule is Cc1cc(C(C)(C)C)cc(Pc2c(C)cccc2C[PH+](c2ccccc2)c2ccccc2)c1O.[Cl][Ti][Cl]. The van der Waals surface area contributed by atoms with E-state index in [1.165, 1.54) is 32.6 Å². The minimum atomic E-state index is -0.989. The summed E-state index contributed by atoms with van der Waals surface area (Å²) < 4.78 is 0. The molecule has 4 rings (SSSR count). The molecular formula is C31H35Cl2OP2Ti+. The van der Waals surface area contributed by atoms with Gasteiger partial charge in [-0.3, -0.25) is 0 Å². The normalized spacial score (nSPS) is 11.5. The van der Waals surface area contributed by atoms with Crippen molar-refractivity contribution in [2.24, 2.45) is 0 Å². The van der Waals surface area contributed by atoms with Crippen molar-refractivity contribution < 1.29 is 22.1 Å². The molecule has 0 saturated heterocycles. The Balaban J connectivity index is 0.00000121.